The van der Waals surface area contributed by atoms with Crippen molar-refractivity contribution in [2.45, 2.75) is 192 Å². The van der Waals surface area contributed by atoms with Crippen molar-refractivity contribution in [1.29, 1.82) is 0 Å². The molecule has 0 saturated heterocycles. The highest BCUT2D eigenvalue weighted by Crippen LogP contribution is 2.27. The Morgan fingerprint density at radius 1 is 0.820 bits per heavy atom. The van der Waals surface area contributed by atoms with E-state index in [2.05, 4.69) is 91.2 Å². The number of pyridine rings is 1. The van der Waals surface area contributed by atoms with Crippen molar-refractivity contribution in [3.63, 3.8) is 0 Å². The normalized spacial score (nSPS) is 13.8. The second-order valence-corrected chi connectivity index (χ2v) is 15.6. The Balaban J connectivity index is 0. The lowest BCUT2D eigenvalue weighted by Crippen LogP contribution is -2.21. The van der Waals surface area contributed by atoms with Gasteiger partial charge in [-0.3, -0.25) is 9.78 Å². The van der Waals surface area contributed by atoms with Crippen molar-refractivity contribution in [3.05, 3.63) is 57.8 Å². The number of Topliss-reactive ketones (excluding diaryl/α,β-unsaturated/α-hetero) is 1. The number of fused-ring (bicyclic) bond motifs is 1. The number of aryl methyl sites for hydroxylation is 3. The molecule has 3 atom stereocenters. The van der Waals surface area contributed by atoms with Crippen molar-refractivity contribution < 1.29 is 9.90 Å². The van der Waals surface area contributed by atoms with Gasteiger partial charge in [0.1, 0.15) is 0 Å². The molecule has 0 bridgehead atoms. The Morgan fingerprint density at radius 3 is 1.86 bits per heavy atom. The van der Waals surface area contributed by atoms with Crippen LogP contribution in [0.5, 0.6) is 0 Å². The minimum Gasteiger partial charge on any atom is -0.393 e. The number of rotatable bonds is 15. The molecule has 5 heteroatoms. The summed E-state index contributed by atoms with van der Waals surface area (Å²) in [7, 11) is 0. The predicted octanol–water partition coefficient (Wildman–Crippen LogP) is 14.4. The monoisotopic (exact) mass is 759 g/mol. The van der Waals surface area contributed by atoms with Crippen LogP contribution in [0, 0.1) is 24.7 Å². The lowest BCUT2D eigenvalue weighted by molar-refractivity contribution is -0.116. The maximum atomic E-state index is 12.6. The van der Waals surface area contributed by atoms with E-state index in [4.69, 9.17) is 9.98 Å². The quantitative estimate of drug-likeness (QED) is 0.184. The first-order valence-corrected chi connectivity index (χ1v) is 21.1. The van der Waals surface area contributed by atoms with Crippen LogP contribution in [0.1, 0.15) is 183 Å². The summed E-state index contributed by atoms with van der Waals surface area (Å²) in [5.74, 6) is 1.87. The van der Waals surface area contributed by atoms with Crippen molar-refractivity contribution in [3.8, 4) is 0 Å². The van der Waals surface area contributed by atoms with Crippen LogP contribution in [0.3, 0.4) is 0 Å². The summed E-state index contributed by atoms with van der Waals surface area (Å²) in [4.78, 5) is 22.2. The van der Waals surface area contributed by atoms with E-state index >= 15 is 0 Å². The fourth-order valence-corrected chi connectivity index (χ4v) is 5.26. The second kappa shape index (κ2) is 33.0. The fraction of sp³-hybridized carbons (Fsp3) is 0.711. The summed E-state index contributed by atoms with van der Waals surface area (Å²) >= 11 is 3.31. The van der Waals surface area contributed by atoms with Crippen molar-refractivity contribution in [2.24, 2.45) is 22.7 Å². The lowest BCUT2D eigenvalue weighted by atomic mass is 9.94. The largest absolute Gasteiger partial charge is 0.393 e. The van der Waals surface area contributed by atoms with Gasteiger partial charge >= 0.3 is 0 Å². The van der Waals surface area contributed by atoms with Gasteiger partial charge < -0.3 is 5.11 Å². The first-order chi connectivity index (χ1) is 23.8. The van der Waals surface area contributed by atoms with Crippen LogP contribution >= 0.6 is 15.9 Å². The number of benzene rings is 1. The third kappa shape index (κ3) is 26.9. The number of carbonyl (C=O) groups is 1. The molecule has 1 N–H and O–H groups in total. The molecule has 0 radical (unpaired) electrons. The number of aliphatic imine (C=N–C) groups is 1. The first-order valence-electron chi connectivity index (χ1n) is 20.3. The SMILES string of the molecule is Brc1ccccc1.CC(C)C.CCCC(O)CCC(C)CC.CCCCC.CCCCC(=Nc1cc2c(nc1C)CCCC2)C(=O)C(C)CC. The maximum Gasteiger partial charge on any atom is 0.179 e. The number of halogens is 1. The zero-order valence-electron chi connectivity index (χ0n) is 34.7. The third-order valence-corrected chi connectivity index (χ3v) is 9.11. The van der Waals surface area contributed by atoms with Crippen LogP contribution in [-0.2, 0) is 17.6 Å². The Morgan fingerprint density at radius 2 is 1.40 bits per heavy atom. The Kier molecular flexibility index (Phi) is 33.2. The molecule has 3 rings (SSSR count). The van der Waals surface area contributed by atoms with Crippen LogP contribution in [0.2, 0.25) is 0 Å². The van der Waals surface area contributed by atoms with E-state index in [1.165, 1.54) is 56.2 Å². The summed E-state index contributed by atoms with van der Waals surface area (Å²) in [6, 6.07) is 12.1. The number of unbranched alkanes of at least 4 members (excludes halogenated alkanes) is 3. The maximum absolute atomic E-state index is 12.6. The molecule has 4 nitrogen and oxygen atoms in total. The molecule has 0 saturated carbocycles. The van der Waals surface area contributed by atoms with Gasteiger partial charge in [0.2, 0.25) is 0 Å². The topological polar surface area (TPSA) is 62.6 Å². The van der Waals surface area contributed by atoms with Crippen LogP contribution in [-0.4, -0.2) is 27.7 Å². The summed E-state index contributed by atoms with van der Waals surface area (Å²) < 4.78 is 1.13. The van der Waals surface area contributed by atoms with E-state index in [-0.39, 0.29) is 17.8 Å². The third-order valence-electron chi connectivity index (χ3n) is 8.58. The average molecular weight is 760 g/mol. The van der Waals surface area contributed by atoms with E-state index < -0.39 is 0 Å². The minimum absolute atomic E-state index is 0.0472. The number of aliphatic hydroxyl groups is 1. The molecule has 1 aromatic heterocycles. The summed E-state index contributed by atoms with van der Waals surface area (Å²) in [6.07, 6.45) is 17.9. The Hall–Kier alpha value is -1.85. The number of nitrogens with zero attached hydrogens (tertiary/aromatic N) is 2. The molecule has 1 aliphatic rings. The van der Waals surface area contributed by atoms with Crippen molar-refractivity contribution in [1.82, 2.24) is 4.98 Å². The molecule has 0 amide bonds. The highest BCUT2D eigenvalue weighted by molar-refractivity contribution is 9.10. The molecule has 0 fully saturated rings. The zero-order valence-corrected chi connectivity index (χ0v) is 36.3. The average Bonchev–Trinajstić information content (AvgIpc) is 3.10. The molecule has 1 aromatic carbocycles. The van der Waals surface area contributed by atoms with Crippen LogP contribution in [0.4, 0.5) is 5.69 Å². The molecule has 0 aliphatic heterocycles. The molecule has 50 heavy (non-hydrogen) atoms. The van der Waals surface area contributed by atoms with E-state index in [1.54, 1.807) is 0 Å². The van der Waals surface area contributed by atoms with Gasteiger partial charge in [-0.15, -0.1) is 0 Å². The zero-order chi connectivity index (χ0) is 38.3. The van der Waals surface area contributed by atoms with Crippen molar-refractivity contribution >= 4 is 33.1 Å². The first kappa shape index (κ1) is 50.3. The number of hydrogen-bond acceptors (Lipinski definition) is 4. The fourth-order valence-electron chi connectivity index (χ4n) is 4.96. The van der Waals surface area contributed by atoms with Gasteiger partial charge in [-0.05, 0) is 107 Å². The van der Waals surface area contributed by atoms with E-state index in [0.717, 1.165) is 91.2 Å². The molecule has 1 aliphatic carbocycles. The molecule has 288 valence electrons. The van der Waals surface area contributed by atoms with Gasteiger partial charge in [0, 0.05) is 16.1 Å². The van der Waals surface area contributed by atoms with Gasteiger partial charge in [0.05, 0.1) is 23.2 Å². The van der Waals surface area contributed by atoms with Gasteiger partial charge in [-0.1, -0.05) is 149 Å². The highest BCUT2D eigenvalue weighted by Gasteiger charge is 2.19. The number of ketones is 1. The molecule has 1 heterocycles. The van der Waals surface area contributed by atoms with E-state index in [9.17, 15) is 9.90 Å². The standard InChI is InChI=1S/C20H30N2O.C10H22O.C6H5Br.C5H12.C4H10/c1-5-7-11-18(20(23)14(3)6-2)22-19-13-16-10-8-9-12-17(16)21-15(19)4;1-4-6-10(11)8-7-9(3)5-2;7-6-4-2-1-3-5-6;1-3-5-4-2;1-4(2)3/h13-14H,5-12H2,1-4H3;9-11H,4-8H2,1-3H3;1-5H;3-5H2,1-2H3;4H,1-3H3. The van der Waals surface area contributed by atoms with Gasteiger partial charge in [0.15, 0.2) is 5.78 Å². The summed E-state index contributed by atoms with van der Waals surface area (Å²) in [5, 5.41) is 9.39. The number of carbonyl (C=O) groups excluding carboxylic acids is 1. The Bertz CT molecular complexity index is 1110. The number of aromatic nitrogens is 1. The van der Waals surface area contributed by atoms with E-state index in [1.807, 2.05) is 44.2 Å². The Labute approximate surface area is 319 Å². The number of hydrogen-bond donors (Lipinski definition) is 1. The molecule has 0 spiro atoms. The lowest BCUT2D eigenvalue weighted by Gasteiger charge is -2.17. The molecular weight excluding hydrogens is 680 g/mol. The minimum atomic E-state index is -0.0472. The van der Waals surface area contributed by atoms with Crippen LogP contribution < -0.4 is 0 Å². The smallest absolute Gasteiger partial charge is 0.179 e. The van der Waals surface area contributed by atoms with Gasteiger partial charge in [-0.25, -0.2) is 4.99 Å². The molecule has 2 aromatic rings. The second-order valence-electron chi connectivity index (χ2n) is 14.7. The highest BCUT2D eigenvalue weighted by atomic mass is 79.9. The van der Waals surface area contributed by atoms with Gasteiger partial charge in [-0.2, -0.15) is 0 Å². The van der Waals surface area contributed by atoms with Crippen LogP contribution in [0.15, 0.2) is 45.9 Å². The van der Waals surface area contributed by atoms with Crippen molar-refractivity contribution in [2.75, 3.05) is 0 Å². The predicted molar refractivity (Wildman–Crippen MR) is 226 cm³/mol. The number of aliphatic hydroxyl groups excluding tert-OH is 1. The summed E-state index contributed by atoms with van der Waals surface area (Å²) in [5.41, 5.74) is 5.15. The van der Waals surface area contributed by atoms with E-state index in [0.29, 0.717) is 0 Å². The van der Waals surface area contributed by atoms with Gasteiger partial charge in [0.25, 0.3) is 0 Å². The molecule has 3 unspecified atom stereocenters. The molecular formula is C45H79BrN2O2. The summed E-state index contributed by atoms with van der Waals surface area (Å²) in [6.45, 7) is 25.7. The van der Waals surface area contributed by atoms with Crippen LogP contribution in [0.25, 0.3) is 0 Å².